The van der Waals surface area contributed by atoms with Crippen molar-refractivity contribution in [2.24, 2.45) is 0 Å². The van der Waals surface area contributed by atoms with Crippen LogP contribution in [0.3, 0.4) is 0 Å². The normalized spacial score (nSPS) is 10.5. The lowest BCUT2D eigenvalue weighted by Gasteiger charge is -2.21. The molecule has 0 radical (unpaired) electrons. The van der Waals surface area contributed by atoms with Gasteiger partial charge in [0.2, 0.25) is 5.95 Å². The highest BCUT2D eigenvalue weighted by molar-refractivity contribution is 5.63. The van der Waals surface area contributed by atoms with Gasteiger partial charge in [0.15, 0.2) is 5.82 Å². The van der Waals surface area contributed by atoms with E-state index in [1.807, 2.05) is 30.3 Å². The van der Waals surface area contributed by atoms with Crippen LogP contribution in [-0.4, -0.2) is 21.7 Å². The van der Waals surface area contributed by atoms with Crippen molar-refractivity contribution in [1.29, 1.82) is 0 Å². The molecular weight excluding hydrogens is 298 g/mol. The van der Waals surface area contributed by atoms with Crippen LogP contribution in [0.25, 0.3) is 0 Å². The van der Waals surface area contributed by atoms with Crippen LogP contribution in [0.4, 0.5) is 23.1 Å². The third kappa shape index (κ3) is 3.35. The second-order valence-electron chi connectivity index (χ2n) is 5.59. The van der Waals surface area contributed by atoms with E-state index in [9.17, 15) is 0 Å². The van der Waals surface area contributed by atoms with E-state index in [1.165, 1.54) is 11.1 Å². The molecule has 3 rings (SSSR count). The molecule has 5 nitrogen and oxygen atoms in total. The van der Waals surface area contributed by atoms with Gasteiger partial charge in [0, 0.05) is 17.9 Å². The molecule has 0 saturated heterocycles. The van der Waals surface area contributed by atoms with Gasteiger partial charge in [-0.15, -0.1) is 5.10 Å². The summed E-state index contributed by atoms with van der Waals surface area (Å²) in [5, 5.41) is 11.5. The van der Waals surface area contributed by atoms with Crippen molar-refractivity contribution in [2.75, 3.05) is 16.8 Å². The summed E-state index contributed by atoms with van der Waals surface area (Å²) < 4.78 is 0. The molecule has 3 aromatic rings. The minimum absolute atomic E-state index is 0.496. The number of rotatable bonds is 5. The van der Waals surface area contributed by atoms with Gasteiger partial charge in [0.1, 0.15) is 0 Å². The highest BCUT2D eigenvalue weighted by Crippen LogP contribution is 2.25. The Morgan fingerprint density at radius 2 is 1.79 bits per heavy atom. The van der Waals surface area contributed by atoms with Crippen LogP contribution in [0.5, 0.6) is 0 Å². The van der Waals surface area contributed by atoms with Crippen molar-refractivity contribution in [2.45, 2.75) is 20.8 Å². The van der Waals surface area contributed by atoms with Gasteiger partial charge in [-0.3, -0.25) is 0 Å². The predicted octanol–water partition coefficient (Wildman–Crippen LogP) is 4.39. The predicted molar refractivity (Wildman–Crippen MR) is 98.1 cm³/mol. The molecule has 1 heterocycles. The molecule has 0 aliphatic heterocycles. The number of benzene rings is 2. The molecule has 1 N–H and O–H groups in total. The van der Waals surface area contributed by atoms with Gasteiger partial charge in [-0.1, -0.05) is 30.3 Å². The SMILES string of the molecule is CCN(c1ccccc1)c1cnnc(Nc2cccc(C)c2C)n1. The summed E-state index contributed by atoms with van der Waals surface area (Å²) >= 11 is 0. The molecule has 0 aliphatic rings. The van der Waals surface area contributed by atoms with Gasteiger partial charge in [-0.2, -0.15) is 10.1 Å². The van der Waals surface area contributed by atoms with E-state index in [2.05, 4.69) is 64.4 Å². The number of hydrogen-bond acceptors (Lipinski definition) is 5. The van der Waals surface area contributed by atoms with Gasteiger partial charge in [0.05, 0.1) is 6.20 Å². The Morgan fingerprint density at radius 3 is 2.54 bits per heavy atom. The molecule has 2 aromatic carbocycles. The fraction of sp³-hybridized carbons (Fsp3) is 0.211. The van der Waals surface area contributed by atoms with Crippen molar-refractivity contribution < 1.29 is 0 Å². The Kier molecular flexibility index (Phi) is 4.70. The number of nitrogens with zero attached hydrogens (tertiary/aromatic N) is 4. The van der Waals surface area contributed by atoms with E-state index in [-0.39, 0.29) is 0 Å². The first kappa shape index (κ1) is 15.9. The molecule has 24 heavy (non-hydrogen) atoms. The molecular formula is C19H21N5. The molecule has 0 spiro atoms. The van der Waals surface area contributed by atoms with Gasteiger partial charge < -0.3 is 10.2 Å². The summed E-state index contributed by atoms with van der Waals surface area (Å²) in [7, 11) is 0. The lowest BCUT2D eigenvalue weighted by atomic mass is 10.1. The third-order valence-corrected chi connectivity index (χ3v) is 4.06. The Balaban J connectivity index is 1.90. The zero-order valence-corrected chi connectivity index (χ0v) is 14.2. The Labute approximate surface area is 142 Å². The second-order valence-corrected chi connectivity index (χ2v) is 5.59. The largest absolute Gasteiger partial charge is 0.325 e. The number of para-hydroxylation sites is 1. The first-order valence-corrected chi connectivity index (χ1v) is 8.04. The molecule has 0 fully saturated rings. The number of aromatic nitrogens is 3. The highest BCUT2D eigenvalue weighted by Gasteiger charge is 2.11. The summed E-state index contributed by atoms with van der Waals surface area (Å²) in [6.45, 7) is 7.06. The third-order valence-electron chi connectivity index (χ3n) is 4.06. The Bertz CT molecular complexity index is 817. The quantitative estimate of drug-likeness (QED) is 0.756. The summed E-state index contributed by atoms with van der Waals surface area (Å²) in [6, 6.07) is 16.3. The molecule has 122 valence electrons. The number of aryl methyl sites for hydroxylation is 1. The van der Waals surface area contributed by atoms with E-state index < -0.39 is 0 Å². The molecule has 0 bridgehead atoms. The zero-order chi connectivity index (χ0) is 16.9. The zero-order valence-electron chi connectivity index (χ0n) is 14.2. The van der Waals surface area contributed by atoms with E-state index in [4.69, 9.17) is 0 Å². The van der Waals surface area contributed by atoms with E-state index in [0.717, 1.165) is 23.7 Å². The monoisotopic (exact) mass is 319 g/mol. The van der Waals surface area contributed by atoms with Crippen LogP contribution in [0, 0.1) is 13.8 Å². The fourth-order valence-electron chi connectivity index (χ4n) is 2.57. The van der Waals surface area contributed by atoms with E-state index in [0.29, 0.717) is 5.95 Å². The van der Waals surface area contributed by atoms with E-state index in [1.54, 1.807) is 6.20 Å². The maximum atomic E-state index is 4.63. The van der Waals surface area contributed by atoms with Crippen LogP contribution >= 0.6 is 0 Å². The van der Waals surface area contributed by atoms with Gasteiger partial charge >= 0.3 is 0 Å². The van der Waals surface area contributed by atoms with Gasteiger partial charge in [0.25, 0.3) is 0 Å². The first-order chi connectivity index (χ1) is 11.7. The maximum Gasteiger partial charge on any atom is 0.249 e. The van der Waals surface area contributed by atoms with Crippen molar-refractivity contribution >= 4 is 23.1 Å². The standard InChI is InChI=1S/C19H21N5/c1-4-24(16-10-6-5-7-11-16)18-13-20-23-19(22-18)21-17-12-8-9-14(2)15(17)3/h5-13H,4H2,1-3H3,(H,21,22,23). The van der Waals surface area contributed by atoms with E-state index >= 15 is 0 Å². The molecule has 0 saturated carbocycles. The average Bonchev–Trinajstić information content (AvgIpc) is 2.61. The van der Waals surface area contributed by atoms with Crippen molar-refractivity contribution in [1.82, 2.24) is 15.2 Å². The van der Waals surface area contributed by atoms with Crippen LogP contribution in [0.1, 0.15) is 18.1 Å². The molecule has 1 aromatic heterocycles. The van der Waals surface area contributed by atoms with Crippen molar-refractivity contribution in [3.8, 4) is 0 Å². The first-order valence-electron chi connectivity index (χ1n) is 8.04. The smallest absolute Gasteiger partial charge is 0.249 e. The second kappa shape index (κ2) is 7.08. The summed E-state index contributed by atoms with van der Waals surface area (Å²) in [4.78, 5) is 6.73. The van der Waals surface area contributed by atoms with Crippen molar-refractivity contribution in [3.63, 3.8) is 0 Å². The minimum atomic E-state index is 0.496. The number of hydrogen-bond donors (Lipinski definition) is 1. The van der Waals surface area contributed by atoms with Crippen LogP contribution in [0.2, 0.25) is 0 Å². The fourth-order valence-corrected chi connectivity index (χ4v) is 2.57. The molecule has 0 unspecified atom stereocenters. The highest BCUT2D eigenvalue weighted by atomic mass is 15.3. The van der Waals surface area contributed by atoms with Crippen molar-refractivity contribution in [3.05, 3.63) is 65.9 Å². The van der Waals surface area contributed by atoms with Gasteiger partial charge in [-0.05, 0) is 50.1 Å². The Hall–Kier alpha value is -2.95. The number of nitrogens with one attached hydrogen (secondary N) is 1. The molecule has 0 aliphatic carbocycles. The number of anilines is 4. The maximum absolute atomic E-state index is 4.63. The minimum Gasteiger partial charge on any atom is -0.325 e. The Morgan fingerprint density at radius 1 is 1.00 bits per heavy atom. The summed E-state index contributed by atoms with van der Waals surface area (Å²) in [5.41, 5.74) is 4.49. The lowest BCUT2D eigenvalue weighted by Crippen LogP contribution is -2.18. The molecule has 5 heteroatoms. The topological polar surface area (TPSA) is 53.9 Å². The summed E-state index contributed by atoms with van der Waals surface area (Å²) in [5.74, 6) is 1.27. The average molecular weight is 319 g/mol. The molecule has 0 atom stereocenters. The van der Waals surface area contributed by atoms with Crippen LogP contribution in [0.15, 0.2) is 54.7 Å². The lowest BCUT2D eigenvalue weighted by molar-refractivity contribution is 0.922. The van der Waals surface area contributed by atoms with Crippen LogP contribution in [-0.2, 0) is 0 Å². The molecule has 0 amide bonds. The van der Waals surface area contributed by atoms with Crippen LogP contribution < -0.4 is 10.2 Å². The van der Waals surface area contributed by atoms with Gasteiger partial charge in [-0.25, -0.2) is 0 Å². The summed E-state index contributed by atoms with van der Waals surface area (Å²) in [6.07, 6.45) is 1.69.